The first kappa shape index (κ1) is 48.9. The van der Waals surface area contributed by atoms with Gasteiger partial charge in [-0.25, -0.2) is 33.9 Å². The zero-order chi connectivity index (χ0) is 47.9. The molecule has 2 atom stereocenters. The molecule has 5 aromatic carbocycles. The Kier molecular flexibility index (Phi) is 17.0. The Morgan fingerprint density at radius 1 is 0.470 bits per heavy atom. The predicted octanol–water partition coefficient (Wildman–Crippen LogP) is 7.60. The Morgan fingerprint density at radius 3 is 1.09 bits per heavy atom. The quantitative estimate of drug-likeness (QED) is 0.0539. The summed E-state index contributed by atoms with van der Waals surface area (Å²) in [5.41, 5.74) is 1.48. The summed E-state index contributed by atoms with van der Waals surface area (Å²) in [5.74, 6) is -5.76. The van der Waals surface area contributed by atoms with Crippen LogP contribution in [0, 0.1) is 5.92 Å². The molecule has 0 aliphatic heterocycles. The molecule has 5 N–H and O–H groups in total. The molecule has 0 radical (unpaired) electrons. The van der Waals surface area contributed by atoms with Gasteiger partial charge in [-0.05, 0) is 95.8 Å². The van der Waals surface area contributed by atoms with Gasteiger partial charge in [-0.2, -0.15) is 0 Å². The minimum absolute atomic E-state index is 0.143. The van der Waals surface area contributed by atoms with E-state index in [1.54, 1.807) is 105 Å². The number of rotatable bonds is 19. The third kappa shape index (κ3) is 13.2. The molecule has 0 bridgehead atoms. The zero-order valence-corrected chi connectivity index (χ0v) is 36.3. The van der Waals surface area contributed by atoms with Crippen molar-refractivity contribution in [3.63, 3.8) is 0 Å². The lowest BCUT2D eigenvalue weighted by Crippen LogP contribution is -2.45. The van der Waals surface area contributed by atoms with Crippen LogP contribution in [0.4, 0.5) is 14.4 Å². The summed E-state index contributed by atoms with van der Waals surface area (Å²) < 4.78 is 0. The molecule has 0 aliphatic carbocycles. The van der Waals surface area contributed by atoms with Gasteiger partial charge < -0.3 is 25.7 Å². The van der Waals surface area contributed by atoms with Crippen LogP contribution in [0.2, 0.25) is 0 Å². The Hall–Kier alpha value is -8.14. The summed E-state index contributed by atoms with van der Waals surface area (Å²) in [6.07, 6.45) is -4.16. The summed E-state index contributed by atoms with van der Waals surface area (Å²) in [5, 5.41) is 43.0. The second-order valence-electron chi connectivity index (χ2n) is 15.6. The van der Waals surface area contributed by atoms with Crippen molar-refractivity contribution in [1.29, 1.82) is 0 Å². The smallest absolute Gasteiger partial charge is 0.414 e. The first-order valence-corrected chi connectivity index (χ1v) is 21.1. The highest BCUT2D eigenvalue weighted by molar-refractivity contribution is 6.07. The fraction of sp³-hybridized carbons (Fsp3) is 0.240. The molecule has 16 heteroatoms. The Balaban J connectivity index is 1.60. The van der Waals surface area contributed by atoms with E-state index in [2.05, 4.69) is 5.32 Å². The van der Waals surface area contributed by atoms with E-state index in [4.69, 9.17) is 0 Å². The van der Waals surface area contributed by atoms with Gasteiger partial charge in [0.05, 0.1) is 0 Å². The molecule has 0 aromatic heterocycles. The van der Waals surface area contributed by atoms with E-state index in [-0.39, 0.29) is 78.7 Å². The second-order valence-corrected chi connectivity index (χ2v) is 15.6. The number of hydrogen-bond donors (Lipinski definition) is 5. The molecule has 66 heavy (non-hydrogen) atoms. The lowest BCUT2D eigenvalue weighted by molar-refractivity contribution is -0.140. The fourth-order valence-electron chi connectivity index (χ4n) is 7.21. The normalized spacial score (nSPS) is 11.7. The van der Waals surface area contributed by atoms with Crippen molar-refractivity contribution in [2.45, 2.75) is 52.0 Å². The van der Waals surface area contributed by atoms with Gasteiger partial charge >= 0.3 is 24.2 Å². The molecule has 0 heterocycles. The number of carbonyl (C=O) groups is 8. The molecular weight excluding hydrogens is 849 g/mol. The molecule has 0 fully saturated rings. The van der Waals surface area contributed by atoms with Crippen molar-refractivity contribution in [3.8, 4) is 0 Å². The van der Waals surface area contributed by atoms with Crippen LogP contribution in [0.25, 0.3) is 0 Å². The zero-order valence-electron chi connectivity index (χ0n) is 36.3. The Labute approximate surface area is 380 Å². The van der Waals surface area contributed by atoms with E-state index in [0.717, 1.165) is 28.8 Å². The van der Waals surface area contributed by atoms with Crippen LogP contribution in [0.15, 0.2) is 127 Å². The van der Waals surface area contributed by atoms with Crippen molar-refractivity contribution in [2.24, 2.45) is 5.92 Å². The van der Waals surface area contributed by atoms with E-state index in [1.807, 2.05) is 0 Å². The van der Waals surface area contributed by atoms with Gasteiger partial charge in [0.15, 0.2) is 0 Å². The van der Waals surface area contributed by atoms with E-state index in [0.29, 0.717) is 21.1 Å². The predicted molar refractivity (Wildman–Crippen MR) is 242 cm³/mol. The van der Waals surface area contributed by atoms with E-state index in [1.165, 1.54) is 24.3 Å². The maximum atomic E-state index is 14.1. The number of carboxylic acid groups (broad SMARTS) is 4. The van der Waals surface area contributed by atoms with Crippen LogP contribution < -0.4 is 5.32 Å². The van der Waals surface area contributed by atoms with Gasteiger partial charge in [0.1, 0.15) is 6.04 Å². The molecule has 2 unspecified atom stereocenters. The lowest BCUT2D eigenvalue weighted by atomic mass is 9.95. The largest absolute Gasteiger partial charge is 0.480 e. The number of benzene rings is 5. The molecule has 0 saturated heterocycles. The fourth-order valence-corrected chi connectivity index (χ4v) is 7.21. The monoisotopic (exact) mass is 898 g/mol. The average molecular weight is 899 g/mol. The lowest BCUT2D eigenvalue weighted by Gasteiger charge is -2.22. The number of amides is 7. The molecule has 0 saturated carbocycles. The van der Waals surface area contributed by atoms with E-state index < -0.39 is 59.8 Å². The highest BCUT2D eigenvalue weighted by Gasteiger charge is 2.30. The summed E-state index contributed by atoms with van der Waals surface area (Å²) in [6, 6.07) is 32.6. The van der Waals surface area contributed by atoms with Crippen LogP contribution in [-0.4, -0.2) is 109 Å². The minimum atomic E-state index is -1.58. The molecule has 5 rings (SSSR count). The number of carboxylic acids is 1. The first-order valence-electron chi connectivity index (χ1n) is 21.1. The summed E-state index contributed by atoms with van der Waals surface area (Å²) in [4.78, 5) is 108. The maximum absolute atomic E-state index is 14.1. The van der Waals surface area contributed by atoms with Crippen molar-refractivity contribution in [2.75, 3.05) is 19.6 Å². The molecule has 16 nitrogen and oxygen atoms in total. The standard InChI is InChI=1S/C50H50N4O12/c1-3-32(2)42(47(59)60)51-43(55)38-26-36(27-39(30-38)44(56)52(48(61)62)22-19-33-13-7-4-8-14-33)25-37-28-40(45(57)53(49(63)64)23-20-34-15-9-5-10-16-34)31-41(29-37)46(58)54(50(65)66)24-21-35-17-11-6-12-18-35/h4-18,26-32,42H,3,19-25H2,1-2H3,(H,51,55)(H,59,60)(H,61,62)(H,63,64)(H,65,66). The van der Waals surface area contributed by atoms with Gasteiger partial charge in [-0.15, -0.1) is 0 Å². The Bertz CT molecular complexity index is 2480. The Morgan fingerprint density at radius 2 is 0.788 bits per heavy atom. The van der Waals surface area contributed by atoms with Crippen molar-refractivity contribution in [1.82, 2.24) is 20.0 Å². The number of nitrogens with zero attached hydrogens (tertiary/aromatic N) is 3. The molecule has 0 spiro atoms. The SMILES string of the molecule is CCC(C)C(NC(=O)c1cc(Cc2cc(C(=O)N(CCc3ccccc3)C(=O)O)cc(C(=O)N(CCc3ccccc3)C(=O)O)c2)cc(C(=O)N(CCc2ccccc2)C(=O)O)c1)C(=O)O. The topological polar surface area (TPSA) is 239 Å². The molecule has 342 valence electrons. The number of carbonyl (C=O) groups excluding carboxylic acids is 4. The highest BCUT2D eigenvalue weighted by atomic mass is 16.4. The molecule has 5 aromatic rings. The van der Waals surface area contributed by atoms with Gasteiger partial charge in [0.2, 0.25) is 0 Å². The van der Waals surface area contributed by atoms with Gasteiger partial charge in [0, 0.05) is 41.9 Å². The first-order chi connectivity index (χ1) is 31.6. The molecule has 7 amide bonds. The van der Waals surface area contributed by atoms with E-state index >= 15 is 0 Å². The van der Waals surface area contributed by atoms with Crippen LogP contribution in [-0.2, 0) is 30.5 Å². The van der Waals surface area contributed by atoms with Crippen LogP contribution in [0.5, 0.6) is 0 Å². The highest BCUT2D eigenvalue weighted by Crippen LogP contribution is 2.23. The van der Waals surface area contributed by atoms with Crippen molar-refractivity contribution in [3.05, 3.63) is 177 Å². The van der Waals surface area contributed by atoms with E-state index in [9.17, 15) is 58.8 Å². The second kappa shape index (κ2) is 23.0. The average Bonchev–Trinajstić information content (AvgIpc) is 3.30. The van der Waals surface area contributed by atoms with Crippen LogP contribution in [0.3, 0.4) is 0 Å². The minimum Gasteiger partial charge on any atom is -0.480 e. The number of nitrogens with one attached hydrogen (secondary N) is 1. The molecular formula is C50H50N4O12. The summed E-state index contributed by atoms with van der Waals surface area (Å²) in [7, 11) is 0. The van der Waals surface area contributed by atoms with Crippen LogP contribution in [0.1, 0.15) is 89.5 Å². The maximum Gasteiger partial charge on any atom is 0.414 e. The van der Waals surface area contributed by atoms with Crippen LogP contribution >= 0.6 is 0 Å². The van der Waals surface area contributed by atoms with Gasteiger partial charge in [-0.1, -0.05) is 111 Å². The van der Waals surface area contributed by atoms with Gasteiger partial charge in [0.25, 0.3) is 23.6 Å². The summed E-state index contributed by atoms with van der Waals surface area (Å²) >= 11 is 0. The van der Waals surface area contributed by atoms with Crippen molar-refractivity contribution < 1.29 is 58.8 Å². The molecule has 0 aliphatic rings. The third-order valence-corrected chi connectivity index (χ3v) is 11.0. The number of hydrogen-bond acceptors (Lipinski definition) is 8. The summed E-state index contributed by atoms with van der Waals surface area (Å²) in [6.45, 7) is 2.57. The third-order valence-electron chi connectivity index (χ3n) is 11.0. The van der Waals surface area contributed by atoms with Gasteiger partial charge in [-0.3, -0.25) is 19.2 Å². The number of imide groups is 3. The van der Waals surface area contributed by atoms with Crippen molar-refractivity contribution >= 4 is 47.9 Å². The number of aliphatic carboxylic acids is 1.